The van der Waals surface area contributed by atoms with Crippen LogP contribution in [0.1, 0.15) is 12.5 Å². The fourth-order valence-corrected chi connectivity index (χ4v) is 2.62. The molecule has 0 aliphatic heterocycles. The Bertz CT molecular complexity index is 632. The van der Waals surface area contributed by atoms with Gasteiger partial charge in [-0.15, -0.1) is 0 Å². The maximum absolute atomic E-state index is 6.27. The highest BCUT2D eigenvalue weighted by atomic mass is 79.9. The van der Waals surface area contributed by atoms with Gasteiger partial charge in [-0.3, -0.25) is 0 Å². The van der Waals surface area contributed by atoms with E-state index in [9.17, 15) is 0 Å². The van der Waals surface area contributed by atoms with Crippen molar-refractivity contribution >= 4 is 27.5 Å². The van der Waals surface area contributed by atoms with Crippen LogP contribution in [0, 0.1) is 0 Å². The molecule has 0 spiro atoms. The molecular formula is C16H17BrClNO2. The Morgan fingerprint density at radius 2 is 1.90 bits per heavy atom. The lowest BCUT2D eigenvalue weighted by Gasteiger charge is -2.12. The van der Waals surface area contributed by atoms with Gasteiger partial charge >= 0.3 is 0 Å². The molecule has 0 aromatic heterocycles. The molecule has 21 heavy (non-hydrogen) atoms. The van der Waals surface area contributed by atoms with Crippen molar-refractivity contribution in [2.75, 3.05) is 7.11 Å². The van der Waals surface area contributed by atoms with E-state index < -0.39 is 0 Å². The molecule has 0 saturated carbocycles. The fourth-order valence-electron chi connectivity index (χ4n) is 1.94. The predicted octanol–water partition coefficient (Wildman–Crippen LogP) is 4.79. The first-order chi connectivity index (χ1) is 9.99. The summed E-state index contributed by atoms with van der Waals surface area (Å²) < 4.78 is 11.8. The fraction of sp³-hybridized carbons (Fsp3) is 0.250. The summed E-state index contributed by atoms with van der Waals surface area (Å²) in [7, 11) is 1.62. The third-order valence-electron chi connectivity index (χ3n) is 2.91. The summed E-state index contributed by atoms with van der Waals surface area (Å²) in [5.41, 5.74) is 6.88. The molecule has 0 heterocycles. The van der Waals surface area contributed by atoms with Gasteiger partial charge < -0.3 is 15.2 Å². The van der Waals surface area contributed by atoms with E-state index >= 15 is 0 Å². The Morgan fingerprint density at radius 3 is 2.48 bits per heavy atom. The number of halogens is 2. The molecule has 2 aromatic carbocycles. The summed E-state index contributed by atoms with van der Waals surface area (Å²) in [5.74, 6) is 2.04. The lowest BCUT2D eigenvalue weighted by Crippen LogP contribution is -2.17. The molecule has 2 aromatic rings. The second-order valence-corrected chi connectivity index (χ2v) is 6.11. The summed E-state index contributed by atoms with van der Waals surface area (Å²) in [4.78, 5) is 0. The van der Waals surface area contributed by atoms with Gasteiger partial charge in [-0.25, -0.2) is 0 Å². The largest absolute Gasteiger partial charge is 0.497 e. The van der Waals surface area contributed by atoms with Crippen molar-refractivity contribution in [3.05, 3.63) is 51.5 Å². The standard InChI is InChI=1S/C16H17BrClNO2/c1-10(19)7-11-3-5-16(14(18)8-11)21-15-6-4-12(20-2)9-13(15)17/h3-6,8-10H,7,19H2,1-2H3. The van der Waals surface area contributed by atoms with Crippen molar-refractivity contribution in [1.29, 1.82) is 0 Å². The van der Waals surface area contributed by atoms with Crippen LogP contribution in [0.2, 0.25) is 5.02 Å². The number of methoxy groups -OCH3 is 1. The van der Waals surface area contributed by atoms with Crippen LogP contribution in [-0.4, -0.2) is 13.2 Å². The highest BCUT2D eigenvalue weighted by Crippen LogP contribution is 2.36. The Balaban J connectivity index is 2.20. The van der Waals surface area contributed by atoms with Gasteiger partial charge in [0.05, 0.1) is 16.6 Å². The minimum atomic E-state index is 0.101. The average Bonchev–Trinajstić information content (AvgIpc) is 2.43. The van der Waals surface area contributed by atoms with Crippen LogP contribution in [-0.2, 0) is 6.42 Å². The van der Waals surface area contributed by atoms with E-state index in [1.807, 2.05) is 43.3 Å². The van der Waals surface area contributed by atoms with Crippen LogP contribution in [0.15, 0.2) is 40.9 Å². The molecule has 5 heteroatoms. The van der Waals surface area contributed by atoms with E-state index in [4.69, 9.17) is 26.8 Å². The van der Waals surface area contributed by atoms with Gasteiger partial charge in [-0.1, -0.05) is 17.7 Å². The third kappa shape index (κ3) is 4.37. The molecule has 112 valence electrons. The zero-order chi connectivity index (χ0) is 15.4. The van der Waals surface area contributed by atoms with Crippen LogP contribution in [0.4, 0.5) is 0 Å². The quantitative estimate of drug-likeness (QED) is 0.822. The molecule has 0 aliphatic rings. The van der Waals surface area contributed by atoms with Crippen LogP contribution >= 0.6 is 27.5 Å². The molecule has 0 amide bonds. The van der Waals surface area contributed by atoms with E-state index in [1.165, 1.54) is 0 Å². The van der Waals surface area contributed by atoms with Crippen LogP contribution in [0.3, 0.4) is 0 Å². The van der Waals surface area contributed by atoms with Crippen LogP contribution in [0.25, 0.3) is 0 Å². The lowest BCUT2D eigenvalue weighted by molar-refractivity contribution is 0.412. The first-order valence-electron chi connectivity index (χ1n) is 6.55. The van der Waals surface area contributed by atoms with E-state index in [0.717, 1.165) is 22.2 Å². The van der Waals surface area contributed by atoms with Gasteiger partial charge in [0, 0.05) is 6.04 Å². The van der Waals surface area contributed by atoms with Crippen LogP contribution < -0.4 is 15.2 Å². The van der Waals surface area contributed by atoms with E-state index in [-0.39, 0.29) is 6.04 Å². The zero-order valence-corrected chi connectivity index (χ0v) is 14.2. The maximum Gasteiger partial charge on any atom is 0.146 e. The van der Waals surface area contributed by atoms with E-state index in [0.29, 0.717) is 16.5 Å². The molecule has 2 N–H and O–H groups in total. The van der Waals surface area contributed by atoms with Crippen molar-refractivity contribution in [3.63, 3.8) is 0 Å². The van der Waals surface area contributed by atoms with Crippen molar-refractivity contribution < 1.29 is 9.47 Å². The summed E-state index contributed by atoms with van der Waals surface area (Å²) in [6, 6.07) is 11.3. The van der Waals surface area contributed by atoms with Gasteiger partial charge in [0.25, 0.3) is 0 Å². The van der Waals surface area contributed by atoms with Gasteiger partial charge in [0.15, 0.2) is 0 Å². The van der Waals surface area contributed by atoms with Crippen molar-refractivity contribution in [3.8, 4) is 17.2 Å². The molecule has 0 radical (unpaired) electrons. The molecule has 0 fully saturated rings. The molecule has 3 nitrogen and oxygen atoms in total. The summed E-state index contributed by atoms with van der Waals surface area (Å²) in [6.45, 7) is 1.97. The minimum Gasteiger partial charge on any atom is -0.497 e. The summed E-state index contributed by atoms with van der Waals surface area (Å²) in [5, 5.41) is 0.566. The Labute approximate surface area is 138 Å². The molecular weight excluding hydrogens is 354 g/mol. The second-order valence-electron chi connectivity index (χ2n) is 4.84. The number of hydrogen-bond donors (Lipinski definition) is 1. The van der Waals surface area contributed by atoms with Crippen molar-refractivity contribution in [1.82, 2.24) is 0 Å². The normalized spacial score (nSPS) is 12.0. The molecule has 0 aliphatic carbocycles. The third-order valence-corrected chi connectivity index (χ3v) is 3.83. The summed E-state index contributed by atoms with van der Waals surface area (Å²) >= 11 is 9.72. The number of ether oxygens (including phenoxy) is 2. The van der Waals surface area contributed by atoms with Gasteiger partial charge in [0.1, 0.15) is 17.2 Å². The molecule has 0 bridgehead atoms. The first kappa shape index (κ1) is 16.1. The molecule has 1 unspecified atom stereocenters. The lowest BCUT2D eigenvalue weighted by atomic mass is 10.1. The Kier molecular flexibility index (Phi) is 5.51. The highest BCUT2D eigenvalue weighted by Gasteiger charge is 2.09. The first-order valence-corrected chi connectivity index (χ1v) is 7.72. The number of rotatable bonds is 5. The number of nitrogens with two attached hydrogens (primary N) is 1. The van der Waals surface area contributed by atoms with Crippen molar-refractivity contribution in [2.24, 2.45) is 5.73 Å². The highest BCUT2D eigenvalue weighted by molar-refractivity contribution is 9.10. The molecule has 2 rings (SSSR count). The maximum atomic E-state index is 6.27. The summed E-state index contributed by atoms with van der Waals surface area (Å²) in [6.07, 6.45) is 0.784. The predicted molar refractivity (Wildman–Crippen MR) is 89.6 cm³/mol. The van der Waals surface area contributed by atoms with Crippen LogP contribution in [0.5, 0.6) is 17.2 Å². The smallest absolute Gasteiger partial charge is 0.146 e. The monoisotopic (exact) mass is 369 g/mol. The number of benzene rings is 2. The SMILES string of the molecule is COc1ccc(Oc2ccc(CC(C)N)cc2Cl)c(Br)c1. The Hall–Kier alpha value is -1.23. The van der Waals surface area contributed by atoms with Crippen molar-refractivity contribution in [2.45, 2.75) is 19.4 Å². The minimum absolute atomic E-state index is 0.101. The average molecular weight is 371 g/mol. The van der Waals surface area contributed by atoms with Gasteiger partial charge in [-0.2, -0.15) is 0 Å². The topological polar surface area (TPSA) is 44.5 Å². The van der Waals surface area contributed by atoms with Gasteiger partial charge in [-0.05, 0) is 65.2 Å². The van der Waals surface area contributed by atoms with Gasteiger partial charge in [0.2, 0.25) is 0 Å². The van der Waals surface area contributed by atoms with E-state index in [2.05, 4.69) is 15.9 Å². The zero-order valence-electron chi connectivity index (χ0n) is 11.9. The number of hydrogen-bond acceptors (Lipinski definition) is 3. The second kappa shape index (κ2) is 7.16. The Morgan fingerprint density at radius 1 is 1.19 bits per heavy atom. The van der Waals surface area contributed by atoms with E-state index in [1.54, 1.807) is 7.11 Å². The molecule has 1 atom stereocenters. The molecule has 0 saturated heterocycles.